The van der Waals surface area contributed by atoms with Crippen molar-refractivity contribution in [3.05, 3.63) is 36.4 Å². The Kier molecular flexibility index (Phi) is 4.09. The largest absolute Gasteiger partial charge is 0.394 e. The fraction of sp³-hybridized carbons (Fsp3) is 0.250. The maximum absolute atomic E-state index is 11.7. The van der Waals surface area contributed by atoms with Crippen LogP contribution in [0.5, 0.6) is 0 Å². The van der Waals surface area contributed by atoms with Gasteiger partial charge in [-0.3, -0.25) is 9.67 Å². The molecule has 0 radical (unpaired) electrons. The Bertz CT molecular complexity index is 567. The molecule has 0 spiro atoms. The molecule has 19 heavy (non-hydrogen) atoms. The lowest BCUT2D eigenvalue weighted by molar-refractivity contribution is 0.262. The Morgan fingerprint density at radius 3 is 2.95 bits per heavy atom. The van der Waals surface area contributed by atoms with E-state index >= 15 is 0 Å². The number of urea groups is 1. The molecular weight excluding hydrogens is 246 g/mol. The highest BCUT2D eigenvalue weighted by atomic mass is 16.3. The van der Waals surface area contributed by atoms with Crippen LogP contribution >= 0.6 is 0 Å². The number of rotatable bonds is 4. The Balaban J connectivity index is 1.93. The first-order valence-electron chi connectivity index (χ1n) is 5.81. The Morgan fingerprint density at radius 1 is 1.42 bits per heavy atom. The Hall–Kier alpha value is -2.41. The van der Waals surface area contributed by atoms with Crippen molar-refractivity contribution in [1.82, 2.24) is 14.8 Å². The molecule has 0 saturated carbocycles. The summed E-state index contributed by atoms with van der Waals surface area (Å²) in [5.74, 6) is 0. The molecule has 0 atom stereocenters. The molecule has 2 rings (SSSR count). The zero-order valence-corrected chi connectivity index (χ0v) is 10.5. The minimum atomic E-state index is -0.353. The number of nitrogens with zero attached hydrogens (tertiary/aromatic N) is 3. The second kappa shape index (κ2) is 5.96. The molecule has 7 nitrogen and oxygen atoms in total. The van der Waals surface area contributed by atoms with Crippen LogP contribution in [0.1, 0.15) is 5.69 Å². The number of nitrogens with one attached hydrogen (secondary N) is 2. The number of amides is 2. The number of aliphatic hydroxyl groups excluding tert-OH is 1. The van der Waals surface area contributed by atoms with Crippen LogP contribution in [0.2, 0.25) is 0 Å². The van der Waals surface area contributed by atoms with Gasteiger partial charge in [0, 0.05) is 23.8 Å². The summed E-state index contributed by atoms with van der Waals surface area (Å²) in [6.07, 6.45) is 4.80. The van der Waals surface area contributed by atoms with Crippen LogP contribution in [0.3, 0.4) is 0 Å². The minimum Gasteiger partial charge on any atom is -0.394 e. The third kappa shape index (κ3) is 3.78. The summed E-state index contributed by atoms with van der Waals surface area (Å²) in [7, 11) is 0. The van der Waals surface area contributed by atoms with Crippen molar-refractivity contribution in [2.75, 3.05) is 17.2 Å². The normalized spacial score (nSPS) is 10.2. The summed E-state index contributed by atoms with van der Waals surface area (Å²) < 4.78 is 1.55. The number of aromatic nitrogens is 3. The molecule has 0 aliphatic heterocycles. The van der Waals surface area contributed by atoms with Crippen molar-refractivity contribution in [2.45, 2.75) is 13.5 Å². The third-order valence-corrected chi connectivity index (χ3v) is 2.37. The van der Waals surface area contributed by atoms with Crippen molar-refractivity contribution in [2.24, 2.45) is 0 Å². The van der Waals surface area contributed by atoms with Gasteiger partial charge in [-0.2, -0.15) is 5.10 Å². The molecule has 3 N–H and O–H groups in total. The molecular formula is C12H15N5O2. The molecule has 0 aliphatic carbocycles. The first kappa shape index (κ1) is 13.0. The van der Waals surface area contributed by atoms with E-state index in [1.807, 2.05) is 6.92 Å². The highest BCUT2D eigenvalue weighted by Crippen LogP contribution is 2.09. The summed E-state index contributed by atoms with van der Waals surface area (Å²) in [5.41, 5.74) is 2.07. The topological polar surface area (TPSA) is 92.1 Å². The first-order valence-corrected chi connectivity index (χ1v) is 5.81. The number of carbonyl (C=O) groups excluding carboxylic acids is 1. The zero-order chi connectivity index (χ0) is 13.7. The molecule has 0 fully saturated rings. The molecule has 0 bridgehead atoms. The van der Waals surface area contributed by atoms with Crippen molar-refractivity contribution in [3.63, 3.8) is 0 Å². The van der Waals surface area contributed by atoms with Crippen LogP contribution in [0, 0.1) is 6.92 Å². The number of aryl methyl sites for hydroxylation is 1. The van der Waals surface area contributed by atoms with Gasteiger partial charge < -0.3 is 15.7 Å². The molecule has 2 amide bonds. The second-order valence-corrected chi connectivity index (χ2v) is 3.98. The predicted molar refractivity (Wildman–Crippen MR) is 70.9 cm³/mol. The summed E-state index contributed by atoms with van der Waals surface area (Å²) in [6, 6.07) is 3.13. The molecule has 2 aromatic rings. The second-order valence-electron chi connectivity index (χ2n) is 3.98. The van der Waals surface area contributed by atoms with Crippen molar-refractivity contribution < 1.29 is 9.90 Å². The summed E-state index contributed by atoms with van der Waals surface area (Å²) >= 11 is 0. The maximum Gasteiger partial charge on any atom is 0.323 e. The predicted octanol–water partition coefficient (Wildman–Crippen LogP) is 1.22. The molecule has 7 heteroatoms. The Morgan fingerprint density at radius 2 is 2.21 bits per heavy atom. The van der Waals surface area contributed by atoms with Crippen molar-refractivity contribution in [3.8, 4) is 0 Å². The number of hydrogen-bond acceptors (Lipinski definition) is 4. The van der Waals surface area contributed by atoms with E-state index in [-0.39, 0.29) is 12.6 Å². The van der Waals surface area contributed by atoms with Gasteiger partial charge in [-0.05, 0) is 19.1 Å². The number of aliphatic hydroxyl groups is 1. The van der Waals surface area contributed by atoms with Gasteiger partial charge >= 0.3 is 6.03 Å². The van der Waals surface area contributed by atoms with E-state index < -0.39 is 0 Å². The SMILES string of the molecule is Cc1cc(NC(=O)Nc2cnn(CCO)c2)ccn1. The van der Waals surface area contributed by atoms with Gasteiger partial charge in [0.25, 0.3) is 0 Å². The smallest absolute Gasteiger partial charge is 0.323 e. The molecule has 0 unspecified atom stereocenters. The van der Waals surface area contributed by atoms with Crippen molar-refractivity contribution >= 4 is 17.4 Å². The minimum absolute atomic E-state index is 0.00358. The lowest BCUT2D eigenvalue weighted by atomic mass is 10.3. The molecule has 0 aromatic carbocycles. The van der Waals surface area contributed by atoms with Crippen LogP contribution in [-0.2, 0) is 6.54 Å². The molecule has 0 saturated heterocycles. The first-order chi connectivity index (χ1) is 9.17. The van der Waals surface area contributed by atoms with Crippen LogP contribution in [0.15, 0.2) is 30.7 Å². The van der Waals surface area contributed by atoms with Gasteiger partial charge in [0.1, 0.15) is 0 Å². The molecule has 2 aromatic heterocycles. The van der Waals surface area contributed by atoms with E-state index in [2.05, 4.69) is 20.7 Å². The average Bonchev–Trinajstić information content (AvgIpc) is 2.77. The fourth-order valence-corrected chi connectivity index (χ4v) is 1.57. The van der Waals surface area contributed by atoms with Gasteiger partial charge in [0.2, 0.25) is 0 Å². The van der Waals surface area contributed by atoms with Gasteiger partial charge in [0.05, 0.1) is 25.0 Å². The molecule has 2 heterocycles. The van der Waals surface area contributed by atoms with Gasteiger partial charge in [-0.15, -0.1) is 0 Å². The molecule has 100 valence electrons. The lowest BCUT2D eigenvalue weighted by Crippen LogP contribution is -2.19. The number of anilines is 2. The van der Waals surface area contributed by atoms with Crippen LogP contribution in [0.4, 0.5) is 16.2 Å². The standard InChI is InChI=1S/C12H15N5O2/c1-9-6-10(2-3-13-9)15-12(19)16-11-7-14-17(8-11)4-5-18/h2-3,6-8,18H,4-5H2,1H3,(H2,13,15,16,19). The van der Waals surface area contributed by atoms with Crippen LogP contribution in [0.25, 0.3) is 0 Å². The van der Waals surface area contributed by atoms with Crippen molar-refractivity contribution in [1.29, 1.82) is 0 Å². The highest BCUT2D eigenvalue weighted by Gasteiger charge is 2.05. The number of carbonyl (C=O) groups is 1. The summed E-state index contributed by atoms with van der Waals surface area (Å²) in [4.78, 5) is 15.8. The van der Waals surface area contributed by atoms with Crippen LogP contribution in [-0.4, -0.2) is 32.5 Å². The van der Waals surface area contributed by atoms with E-state index in [0.29, 0.717) is 17.9 Å². The van der Waals surface area contributed by atoms with Gasteiger partial charge in [-0.25, -0.2) is 4.79 Å². The average molecular weight is 261 g/mol. The number of hydrogen-bond donors (Lipinski definition) is 3. The number of pyridine rings is 1. The van der Waals surface area contributed by atoms with E-state index in [9.17, 15) is 4.79 Å². The fourth-order valence-electron chi connectivity index (χ4n) is 1.57. The monoisotopic (exact) mass is 261 g/mol. The van der Waals surface area contributed by atoms with Gasteiger partial charge in [0.15, 0.2) is 0 Å². The van der Waals surface area contributed by atoms with E-state index in [0.717, 1.165) is 5.69 Å². The molecule has 0 aliphatic rings. The van der Waals surface area contributed by atoms with Gasteiger partial charge in [-0.1, -0.05) is 0 Å². The lowest BCUT2D eigenvalue weighted by Gasteiger charge is -2.06. The summed E-state index contributed by atoms with van der Waals surface area (Å²) in [5, 5.41) is 18.1. The quantitative estimate of drug-likeness (QED) is 0.771. The Labute approximate surface area is 110 Å². The third-order valence-electron chi connectivity index (χ3n) is 2.37. The van der Waals surface area contributed by atoms with E-state index in [4.69, 9.17) is 5.11 Å². The summed E-state index contributed by atoms with van der Waals surface area (Å²) in [6.45, 7) is 2.25. The van der Waals surface area contributed by atoms with Crippen LogP contribution < -0.4 is 10.6 Å². The highest BCUT2D eigenvalue weighted by molar-refractivity contribution is 5.99. The van der Waals surface area contributed by atoms with E-state index in [1.165, 1.54) is 6.20 Å². The zero-order valence-electron chi connectivity index (χ0n) is 10.5. The van der Waals surface area contributed by atoms with E-state index in [1.54, 1.807) is 29.2 Å². The maximum atomic E-state index is 11.7.